The fraction of sp³-hybridized carbons (Fsp3) is 0.167. The molecule has 0 atom stereocenters. The molecule has 1 aromatic carbocycles. The molecule has 4 nitrogen and oxygen atoms in total. The third kappa shape index (κ3) is 1.66. The summed E-state index contributed by atoms with van der Waals surface area (Å²) in [6.07, 6.45) is 0.298. The maximum absolute atomic E-state index is 13.5. The molecule has 0 unspecified atom stereocenters. The maximum Gasteiger partial charge on any atom is 0.340 e. The molecule has 0 radical (unpaired) electrons. The number of phenols is 1. The largest absolute Gasteiger partial charge is 0.503 e. The Balaban J connectivity index is 2.96. The highest BCUT2D eigenvalue weighted by Crippen LogP contribution is 2.30. The lowest BCUT2D eigenvalue weighted by Crippen LogP contribution is -2.11. The van der Waals surface area contributed by atoms with Crippen molar-refractivity contribution >= 4 is 17.3 Å². The first kappa shape index (κ1) is 12.2. The Morgan fingerprint density at radius 1 is 1.44 bits per heavy atom. The average Bonchev–Trinajstić information content (AvgIpc) is 2.34. The van der Waals surface area contributed by atoms with E-state index in [1.165, 1.54) is 6.92 Å². The van der Waals surface area contributed by atoms with E-state index in [1.807, 2.05) is 0 Å². The topological polar surface area (TPSA) is 67.5 Å². The van der Waals surface area contributed by atoms with Crippen LogP contribution in [0, 0.1) is 18.6 Å². The van der Waals surface area contributed by atoms with E-state index in [4.69, 9.17) is 5.11 Å². The first-order valence-corrected chi connectivity index (χ1v) is 5.04. The van der Waals surface area contributed by atoms with Crippen LogP contribution in [-0.4, -0.2) is 11.4 Å². The molecule has 18 heavy (non-hydrogen) atoms. The van der Waals surface area contributed by atoms with Gasteiger partial charge in [0.25, 0.3) is 0 Å². The molecule has 2 rings (SSSR count). The summed E-state index contributed by atoms with van der Waals surface area (Å²) in [7, 11) is 0. The second-order valence-electron chi connectivity index (χ2n) is 3.76. The number of aromatic hydroxyl groups is 1. The molecule has 1 N–H and O–H groups in total. The van der Waals surface area contributed by atoms with Gasteiger partial charge in [-0.05, 0) is 18.6 Å². The summed E-state index contributed by atoms with van der Waals surface area (Å²) >= 11 is 0. The smallest absolute Gasteiger partial charge is 0.340 e. The van der Waals surface area contributed by atoms with Gasteiger partial charge in [-0.25, -0.2) is 9.18 Å². The first-order valence-electron chi connectivity index (χ1n) is 5.04. The molecule has 94 valence electrons. The second-order valence-corrected chi connectivity index (χ2v) is 3.76. The molecular weight excluding hydrogens is 246 g/mol. The van der Waals surface area contributed by atoms with Crippen LogP contribution in [0.5, 0.6) is 5.75 Å². The summed E-state index contributed by atoms with van der Waals surface area (Å²) in [4.78, 5) is 22.0. The van der Waals surface area contributed by atoms with Crippen LogP contribution in [0.4, 0.5) is 8.78 Å². The number of hydrogen-bond acceptors (Lipinski definition) is 4. The van der Waals surface area contributed by atoms with Crippen molar-refractivity contribution in [2.75, 3.05) is 0 Å². The Morgan fingerprint density at radius 3 is 2.72 bits per heavy atom. The van der Waals surface area contributed by atoms with Crippen LogP contribution in [0.3, 0.4) is 0 Å². The highest BCUT2D eigenvalue weighted by atomic mass is 19.1. The van der Waals surface area contributed by atoms with Crippen molar-refractivity contribution in [1.82, 2.24) is 0 Å². The Labute approximate surface area is 99.5 Å². The van der Waals surface area contributed by atoms with Crippen LogP contribution < -0.4 is 5.63 Å². The summed E-state index contributed by atoms with van der Waals surface area (Å²) in [6.45, 7) is 1.45. The molecule has 0 saturated heterocycles. The van der Waals surface area contributed by atoms with Gasteiger partial charge in [0.2, 0.25) is 5.82 Å². The van der Waals surface area contributed by atoms with Gasteiger partial charge in [0.1, 0.15) is 6.29 Å². The van der Waals surface area contributed by atoms with Gasteiger partial charge in [0.15, 0.2) is 17.1 Å². The Hall–Kier alpha value is -2.24. The molecule has 1 aromatic heterocycles. The van der Waals surface area contributed by atoms with Crippen molar-refractivity contribution in [1.29, 1.82) is 0 Å². The number of hydrogen-bond donors (Lipinski definition) is 1. The zero-order valence-corrected chi connectivity index (χ0v) is 9.29. The summed E-state index contributed by atoms with van der Waals surface area (Å²) < 4.78 is 31.4. The van der Waals surface area contributed by atoms with Crippen LogP contribution in [0.2, 0.25) is 0 Å². The molecule has 0 aliphatic heterocycles. The number of fused-ring (bicyclic) bond motifs is 1. The standard InChI is InChI=1S/C12H8F2O4/c1-5-6(2-3-15)12(17)18-11-7(5)4-8(13)10(16)9(11)14/h3-4,16H,2H2,1H3. The molecule has 2 aromatic rings. The van der Waals surface area contributed by atoms with Crippen LogP contribution in [-0.2, 0) is 11.2 Å². The van der Waals surface area contributed by atoms with Crippen molar-refractivity contribution in [2.45, 2.75) is 13.3 Å². The Bertz CT molecular complexity index is 704. The number of carbonyl (C=O) groups excluding carboxylic acids is 1. The molecule has 0 aliphatic carbocycles. The number of carbonyl (C=O) groups is 1. The SMILES string of the molecule is Cc1c(CC=O)c(=O)oc2c(F)c(O)c(F)cc12. The molecule has 0 spiro atoms. The van der Waals surface area contributed by atoms with E-state index in [-0.39, 0.29) is 22.9 Å². The van der Waals surface area contributed by atoms with Crippen molar-refractivity contribution in [3.63, 3.8) is 0 Å². The molecule has 6 heteroatoms. The van der Waals surface area contributed by atoms with Crippen LogP contribution in [0.1, 0.15) is 11.1 Å². The van der Waals surface area contributed by atoms with Gasteiger partial charge < -0.3 is 14.3 Å². The molecule has 0 saturated carbocycles. The van der Waals surface area contributed by atoms with Gasteiger partial charge in [-0.2, -0.15) is 4.39 Å². The zero-order valence-electron chi connectivity index (χ0n) is 9.29. The molecule has 1 heterocycles. The van der Waals surface area contributed by atoms with E-state index < -0.39 is 28.6 Å². The quantitative estimate of drug-likeness (QED) is 0.655. The van der Waals surface area contributed by atoms with Crippen molar-refractivity contribution in [3.05, 3.63) is 39.2 Å². The number of aldehydes is 1. The summed E-state index contributed by atoms with van der Waals surface area (Å²) in [5, 5.41) is 9.10. The van der Waals surface area contributed by atoms with Gasteiger partial charge in [-0.3, -0.25) is 0 Å². The lowest BCUT2D eigenvalue weighted by atomic mass is 10.0. The van der Waals surface area contributed by atoms with E-state index >= 15 is 0 Å². The summed E-state index contributed by atoms with van der Waals surface area (Å²) in [5.74, 6) is -3.69. The van der Waals surface area contributed by atoms with Crippen molar-refractivity contribution in [2.24, 2.45) is 0 Å². The predicted molar refractivity (Wildman–Crippen MR) is 58.6 cm³/mol. The average molecular weight is 254 g/mol. The van der Waals surface area contributed by atoms with Gasteiger partial charge >= 0.3 is 5.63 Å². The van der Waals surface area contributed by atoms with E-state index in [2.05, 4.69) is 4.42 Å². The molecule has 0 aliphatic rings. The van der Waals surface area contributed by atoms with Gasteiger partial charge in [-0.1, -0.05) is 0 Å². The zero-order chi connectivity index (χ0) is 13.4. The van der Waals surface area contributed by atoms with E-state index in [9.17, 15) is 18.4 Å². The molecule has 0 amide bonds. The monoisotopic (exact) mass is 254 g/mol. The Morgan fingerprint density at radius 2 is 2.11 bits per heavy atom. The first-order chi connectivity index (χ1) is 8.47. The second kappa shape index (κ2) is 4.21. The van der Waals surface area contributed by atoms with Gasteiger partial charge in [0, 0.05) is 17.4 Å². The fourth-order valence-electron chi connectivity index (χ4n) is 1.76. The van der Waals surface area contributed by atoms with Crippen molar-refractivity contribution in [3.8, 4) is 5.75 Å². The predicted octanol–water partition coefficient (Wildman–Crippen LogP) is 1.83. The van der Waals surface area contributed by atoms with E-state index in [0.717, 1.165) is 6.07 Å². The number of benzene rings is 1. The summed E-state index contributed by atoms with van der Waals surface area (Å²) in [6, 6.07) is 0.861. The number of phenolic OH excluding ortho intramolecular Hbond substituents is 1. The van der Waals surface area contributed by atoms with Crippen LogP contribution in [0.25, 0.3) is 11.0 Å². The maximum atomic E-state index is 13.5. The fourth-order valence-corrected chi connectivity index (χ4v) is 1.76. The molecule has 0 fully saturated rings. The van der Waals surface area contributed by atoms with Gasteiger partial charge in [0.05, 0.1) is 0 Å². The minimum atomic E-state index is -1.33. The van der Waals surface area contributed by atoms with Crippen molar-refractivity contribution < 1.29 is 23.1 Å². The van der Waals surface area contributed by atoms with Crippen LogP contribution >= 0.6 is 0 Å². The highest BCUT2D eigenvalue weighted by molar-refractivity contribution is 5.83. The van der Waals surface area contributed by atoms with E-state index in [0.29, 0.717) is 6.29 Å². The molecular formula is C12H8F2O4. The summed E-state index contributed by atoms with van der Waals surface area (Å²) in [5.41, 5.74) is -1.10. The molecule has 0 bridgehead atoms. The highest BCUT2D eigenvalue weighted by Gasteiger charge is 2.19. The minimum Gasteiger partial charge on any atom is -0.503 e. The minimum absolute atomic E-state index is 0.0132. The normalized spacial score (nSPS) is 10.8. The third-order valence-corrected chi connectivity index (χ3v) is 2.73. The number of rotatable bonds is 2. The van der Waals surface area contributed by atoms with E-state index in [1.54, 1.807) is 0 Å². The lowest BCUT2D eigenvalue weighted by Gasteiger charge is -2.07. The van der Waals surface area contributed by atoms with Gasteiger partial charge in [-0.15, -0.1) is 0 Å². The number of halogens is 2. The third-order valence-electron chi connectivity index (χ3n) is 2.73. The van der Waals surface area contributed by atoms with Crippen LogP contribution in [0.15, 0.2) is 15.3 Å². The Kier molecular flexibility index (Phi) is 2.86. The lowest BCUT2D eigenvalue weighted by molar-refractivity contribution is -0.107. The number of aryl methyl sites for hydroxylation is 1.